The number of carbonyl (C=O) groups excluding carboxylic acids is 1. The Morgan fingerprint density at radius 3 is 2.86 bits per heavy atom. The minimum atomic E-state index is -1.03. The van der Waals surface area contributed by atoms with E-state index in [1.807, 2.05) is 6.92 Å². The van der Waals surface area contributed by atoms with Crippen molar-refractivity contribution < 1.29 is 13.9 Å². The Morgan fingerprint density at radius 2 is 2.11 bits per heavy atom. The summed E-state index contributed by atoms with van der Waals surface area (Å²) in [6.45, 7) is 5.47. The second-order valence-corrected chi connectivity index (χ2v) is 7.71. The number of hydrogen-bond donors (Lipinski definition) is 1. The van der Waals surface area contributed by atoms with Crippen LogP contribution in [0.3, 0.4) is 0 Å². The van der Waals surface area contributed by atoms with Gasteiger partial charge in [0.2, 0.25) is 0 Å². The van der Waals surface area contributed by atoms with Gasteiger partial charge in [0.05, 0.1) is 29.1 Å². The van der Waals surface area contributed by atoms with Crippen molar-refractivity contribution in [3.63, 3.8) is 0 Å². The number of benzene rings is 1. The highest BCUT2D eigenvalue weighted by atomic mass is 35.5. The molecule has 0 spiro atoms. The van der Waals surface area contributed by atoms with Gasteiger partial charge in [-0.05, 0) is 45.0 Å². The lowest BCUT2D eigenvalue weighted by atomic mass is 10.0. The predicted octanol–water partition coefficient (Wildman–Crippen LogP) is 3.30. The molecule has 0 bridgehead atoms. The zero-order valence-electron chi connectivity index (χ0n) is 15.6. The van der Waals surface area contributed by atoms with Gasteiger partial charge in [-0.15, -0.1) is 0 Å². The molecule has 1 atom stereocenters. The van der Waals surface area contributed by atoms with Crippen LogP contribution in [0.15, 0.2) is 30.6 Å². The number of anilines is 2. The number of ether oxygens (including phenoxy) is 1. The largest absolute Gasteiger partial charge is 0.382 e. The van der Waals surface area contributed by atoms with Gasteiger partial charge in [0.25, 0.3) is 5.91 Å². The number of rotatable bonds is 2. The molecule has 0 saturated carbocycles. The smallest absolute Gasteiger partial charge is 0.258 e. The fourth-order valence-corrected chi connectivity index (χ4v) is 3.85. The zero-order valence-corrected chi connectivity index (χ0v) is 16.4. The first-order valence-corrected chi connectivity index (χ1v) is 9.14. The van der Waals surface area contributed by atoms with Crippen molar-refractivity contribution in [3.8, 4) is 11.3 Å². The monoisotopic (exact) mass is 403 g/mol. The van der Waals surface area contributed by atoms with Gasteiger partial charge in [-0.25, -0.2) is 13.9 Å². The summed E-state index contributed by atoms with van der Waals surface area (Å²) in [5.74, 6) is -0.554. The molecule has 1 aliphatic heterocycles. The number of halogens is 2. The topological polar surface area (TPSA) is 85.8 Å². The molecule has 3 aromatic rings. The number of morpholine rings is 1. The summed E-state index contributed by atoms with van der Waals surface area (Å²) < 4.78 is 21.9. The van der Waals surface area contributed by atoms with Gasteiger partial charge in [0.1, 0.15) is 23.3 Å². The van der Waals surface area contributed by atoms with Crippen molar-refractivity contribution in [2.45, 2.75) is 32.5 Å². The number of nitrogen functional groups attached to an aromatic ring is 1. The van der Waals surface area contributed by atoms with Gasteiger partial charge < -0.3 is 15.4 Å². The van der Waals surface area contributed by atoms with Crippen LogP contribution in [0.1, 0.15) is 20.8 Å². The van der Waals surface area contributed by atoms with Gasteiger partial charge in [0.15, 0.2) is 5.82 Å². The molecule has 1 amide bonds. The van der Waals surface area contributed by atoms with Gasteiger partial charge in [-0.3, -0.25) is 4.79 Å². The predicted molar refractivity (Wildman–Crippen MR) is 105 cm³/mol. The van der Waals surface area contributed by atoms with E-state index < -0.39 is 11.4 Å². The number of nitrogens with two attached hydrogens (primary N) is 1. The van der Waals surface area contributed by atoms with E-state index >= 15 is 0 Å². The minimum absolute atomic E-state index is 0.179. The fraction of sp³-hybridized carbons (Fsp3) is 0.316. The molecule has 0 aliphatic carbocycles. The van der Waals surface area contributed by atoms with Gasteiger partial charge >= 0.3 is 0 Å². The highest BCUT2D eigenvalue weighted by Gasteiger charge is 2.41. The highest BCUT2D eigenvalue weighted by Crippen LogP contribution is 2.35. The molecule has 2 aromatic heterocycles. The summed E-state index contributed by atoms with van der Waals surface area (Å²) in [4.78, 5) is 18.2. The summed E-state index contributed by atoms with van der Waals surface area (Å²) in [5.41, 5.74) is 6.77. The van der Waals surface area contributed by atoms with E-state index in [-0.39, 0.29) is 30.1 Å². The lowest BCUT2D eigenvalue weighted by Gasteiger charge is -2.40. The van der Waals surface area contributed by atoms with Crippen LogP contribution >= 0.6 is 11.6 Å². The van der Waals surface area contributed by atoms with Crippen molar-refractivity contribution in [2.75, 3.05) is 17.2 Å². The van der Waals surface area contributed by atoms with Crippen molar-refractivity contribution in [1.29, 1.82) is 0 Å². The molecule has 0 radical (unpaired) electrons. The molecule has 1 fully saturated rings. The standard InChI is InChI=1S/C19H19ClFN5O2/c1-10-8-25(18(27)19(2,3)28-10)15-6-11(4-5-13(15)21)14-7-12(20)16-17(22)23-9-24-26(14)16/h4-7,9-10H,8H2,1-3H3,(H2,22,23,24). The second-order valence-electron chi connectivity index (χ2n) is 7.30. The third kappa shape index (κ3) is 2.89. The van der Waals surface area contributed by atoms with E-state index in [4.69, 9.17) is 22.1 Å². The molecule has 3 heterocycles. The minimum Gasteiger partial charge on any atom is -0.382 e. The average molecular weight is 404 g/mol. The number of nitrogens with zero attached hydrogens (tertiary/aromatic N) is 4. The number of aromatic nitrogens is 3. The fourth-order valence-electron chi connectivity index (χ4n) is 3.57. The lowest BCUT2D eigenvalue weighted by molar-refractivity contribution is -0.153. The first-order chi connectivity index (χ1) is 13.2. The van der Waals surface area contributed by atoms with Crippen molar-refractivity contribution >= 4 is 34.5 Å². The quantitative estimate of drug-likeness (QED) is 0.709. The first-order valence-electron chi connectivity index (χ1n) is 8.76. The number of amides is 1. The Morgan fingerprint density at radius 1 is 1.36 bits per heavy atom. The maximum Gasteiger partial charge on any atom is 0.258 e. The van der Waals surface area contributed by atoms with Gasteiger partial charge in [0, 0.05) is 5.56 Å². The Labute approximate surface area is 165 Å². The van der Waals surface area contributed by atoms with Crippen LogP contribution in [0, 0.1) is 5.82 Å². The summed E-state index contributed by atoms with van der Waals surface area (Å²) in [6, 6.07) is 6.22. The summed E-state index contributed by atoms with van der Waals surface area (Å²) >= 11 is 6.30. The third-order valence-electron chi connectivity index (χ3n) is 4.76. The van der Waals surface area contributed by atoms with Crippen LogP contribution < -0.4 is 10.6 Å². The summed E-state index contributed by atoms with van der Waals surface area (Å²) in [6.07, 6.45) is 1.09. The third-order valence-corrected chi connectivity index (χ3v) is 5.05. The molecule has 2 N–H and O–H groups in total. The summed E-state index contributed by atoms with van der Waals surface area (Å²) in [5, 5.41) is 4.59. The van der Waals surface area contributed by atoms with E-state index in [0.29, 0.717) is 21.8 Å². The molecule has 9 heteroatoms. The van der Waals surface area contributed by atoms with Crippen molar-refractivity contribution in [2.24, 2.45) is 0 Å². The Hall–Kier alpha value is -2.71. The van der Waals surface area contributed by atoms with E-state index in [0.717, 1.165) is 0 Å². The van der Waals surface area contributed by atoms with Crippen molar-refractivity contribution in [3.05, 3.63) is 41.4 Å². The van der Waals surface area contributed by atoms with E-state index in [1.165, 1.54) is 17.3 Å². The molecular formula is C19H19ClFN5O2. The molecule has 7 nitrogen and oxygen atoms in total. The molecule has 1 unspecified atom stereocenters. The normalized spacial score (nSPS) is 19.4. The zero-order chi connectivity index (χ0) is 20.2. The molecule has 1 saturated heterocycles. The maximum atomic E-state index is 14.7. The van der Waals surface area contributed by atoms with E-state index in [9.17, 15) is 9.18 Å². The number of carbonyl (C=O) groups is 1. The van der Waals surface area contributed by atoms with Crippen LogP contribution in [0.5, 0.6) is 0 Å². The Bertz CT molecular complexity index is 1100. The van der Waals surface area contributed by atoms with Crippen LogP contribution in [0.25, 0.3) is 16.8 Å². The number of hydrogen-bond acceptors (Lipinski definition) is 5. The molecule has 146 valence electrons. The molecule has 28 heavy (non-hydrogen) atoms. The maximum absolute atomic E-state index is 14.7. The van der Waals surface area contributed by atoms with Gasteiger partial charge in [-0.1, -0.05) is 11.6 Å². The molecule has 1 aliphatic rings. The van der Waals surface area contributed by atoms with Crippen LogP contribution in [-0.2, 0) is 9.53 Å². The van der Waals surface area contributed by atoms with E-state index in [1.54, 1.807) is 36.6 Å². The Kier molecular flexibility index (Phi) is 4.28. The summed E-state index contributed by atoms with van der Waals surface area (Å²) in [7, 11) is 0. The van der Waals surface area contributed by atoms with Crippen LogP contribution in [-0.4, -0.2) is 38.8 Å². The average Bonchev–Trinajstić information content (AvgIpc) is 2.96. The SMILES string of the molecule is CC1CN(c2cc(-c3cc(Cl)c4c(N)ncnn34)ccc2F)C(=O)C(C)(C)O1. The van der Waals surface area contributed by atoms with E-state index in [2.05, 4.69) is 10.1 Å². The molecule has 4 rings (SSSR count). The first kappa shape index (κ1) is 18.6. The van der Waals surface area contributed by atoms with Gasteiger partial charge in [-0.2, -0.15) is 5.10 Å². The number of fused-ring (bicyclic) bond motifs is 1. The van der Waals surface area contributed by atoms with Crippen molar-refractivity contribution in [1.82, 2.24) is 14.6 Å². The lowest BCUT2D eigenvalue weighted by Crippen LogP contribution is -2.56. The van der Waals surface area contributed by atoms with Crippen LogP contribution in [0.4, 0.5) is 15.9 Å². The molecular weight excluding hydrogens is 385 g/mol. The van der Waals surface area contributed by atoms with Crippen LogP contribution in [0.2, 0.25) is 5.02 Å². The molecule has 1 aromatic carbocycles. The second kappa shape index (κ2) is 6.42. The Balaban J connectivity index is 1.85. The highest BCUT2D eigenvalue weighted by molar-refractivity contribution is 6.35.